The molecule has 14 nitrogen and oxygen atoms in total. The van der Waals surface area contributed by atoms with Crippen LogP contribution in [0.5, 0.6) is 6.01 Å². The average Bonchev–Trinajstić information content (AvgIpc) is 3.48. The molecular formula is C47H60N6O8S2. The number of benzene rings is 2. The maximum atomic E-state index is 14.8. The second kappa shape index (κ2) is 18.3. The third kappa shape index (κ3) is 10.1. The number of allylic oxidation sites excluding steroid dienone is 2. The molecule has 0 radical (unpaired) electrons. The number of ether oxygens (including phenoxy) is 2. The summed E-state index contributed by atoms with van der Waals surface area (Å²) >= 11 is 1.59. The highest BCUT2D eigenvalue weighted by Gasteiger charge is 2.61. The molecule has 2 aromatic heterocycles. The normalized spacial score (nSPS) is 24.1. The number of carbonyl (C=O) groups excluding carboxylic acids is 4. The fraction of sp³-hybridized carbons (Fsp3) is 0.532. The second-order valence-electron chi connectivity index (χ2n) is 18.7. The number of carbonyl (C=O) groups is 4. The molecule has 0 bridgehead atoms. The van der Waals surface area contributed by atoms with Crippen LogP contribution >= 0.6 is 11.3 Å². The molecule has 0 unspecified atom stereocenters. The van der Waals surface area contributed by atoms with E-state index >= 15 is 0 Å². The molecule has 63 heavy (non-hydrogen) atoms. The fourth-order valence-corrected chi connectivity index (χ4v) is 10.5. The number of nitrogens with one attached hydrogen (secondary N) is 1. The zero-order valence-electron chi connectivity index (χ0n) is 37.5. The number of nitrogens with zero attached hydrogens (tertiary/aromatic N) is 5. The quantitative estimate of drug-likeness (QED) is 0.122. The minimum absolute atomic E-state index is 0.0395. The Balaban J connectivity index is 1.24. The maximum Gasteiger partial charge on any atom is 0.307 e. The molecule has 338 valence electrons. The van der Waals surface area contributed by atoms with Gasteiger partial charge in [0.05, 0.1) is 35.6 Å². The summed E-state index contributed by atoms with van der Waals surface area (Å²) in [5, 5.41) is 0.820. The molecule has 1 N–H and O–H groups in total. The zero-order chi connectivity index (χ0) is 45.4. The lowest BCUT2D eigenvalue weighted by Gasteiger charge is -2.29. The number of hydrogen-bond acceptors (Lipinski definition) is 11. The SMILES string of the molecule is Cc1sc(-c2cccc3c2nc(O[C@@H]2C[C@H]4C(=O)C[C@]5(C(=O)NS(=O)(=O)N(C)C)C[C@@H]5/C=C\CCCCC[C@H](CC(=O)OC(C)(C)C)C(=O)N4C2)n3C(C)C)nc1-c1ccccc1. The Labute approximate surface area is 374 Å². The summed E-state index contributed by atoms with van der Waals surface area (Å²) in [7, 11) is -1.49. The van der Waals surface area contributed by atoms with Crippen LogP contribution in [0.15, 0.2) is 60.7 Å². The molecule has 3 aliphatic rings. The highest BCUT2D eigenvalue weighted by Crippen LogP contribution is 2.57. The van der Waals surface area contributed by atoms with Gasteiger partial charge in [0, 0.05) is 54.9 Å². The zero-order valence-corrected chi connectivity index (χ0v) is 39.2. The number of fused-ring (bicyclic) bond motifs is 3. The molecule has 2 aliphatic heterocycles. The van der Waals surface area contributed by atoms with E-state index in [1.165, 1.54) is 19.0 Å². The summed E-state index contributed by atoms with van der Waals surface area (Å²) in [5.74, 6) is -3.08. The Kier molecular flexibility index (Phi) is 13.4. The Bertz CT molecular complexity index is 2510. The summed E-state index contributed by atoms with van der Waals surface area (Å²) in [5.41, 5.74) is 2.29. The first-order valence-corrected chi connectivity index (χ1v) is 24.2. The van der Waals surface area contributed by atoms with Crippen molar-refractivity contribution < 1.29 is 37.1 Å². The summed E-state index contributed by atoms with van der Waals surface area (Å²) in [6.07, 6.45) is 6.66. The van der Waals surface area contributed by atoms with Gasteiger partial charge in [-0.3, -0.25) is 23.7 Å². The standard InChI is InChI=1S/C47H60N6O8S2/c1-29(2)53-36-23-17-22-35(42-48-40(30(3)62-42)31-18-14-12-15-19-31)41(36)49-45(53)60-34-25-37-38(54)27-47(44(57)50-63(58,59)51(7)8)26-33(47)21-16-11-9-10-13-20-32(43(56)52(37)28-34)24-39(55)61-46(4,5)6/h12,14-19,21-23,29,32-34,37H,9-11,13,20,24-28H2,1-8H3,(H,50,57)/b21-16-/t32-,33+,34-,37+,47-/m1/s1. The van der Waals surface area contributed by atoms with E-state index in [9.17, 15) is 27.6 Å². The van der Waals surface area contributed by atoms with Crippen LogP contribution in [-0.2, 0) is 34.1 Å². The van der Waals surface area contributed by atoms with Crippen molar-refractivity contribution in [3.8, 4) is 27.8 Å². The first-order chi connectivity index (χ1) is 29.8. The van der Waals surface area contributed by atoms with Crippen LogP contribution in [-0.4, -0.2) is 94.1 Å². The number of esters is 1. The van der Waals surface area contributed by atoms with Gasteiger partial charge in [-0.05, 0) is 85.3 Å². The van der Waals surface area contributed by atoms with E-state index in [1.807, 2.05) is 79.1 Å². The summed E-state index contributed by atoms with van der Waals surface area (Å²) < 4.78 is 43.3. The molecule has 2 amide bonds. The van der Waals surface area contributed by atoms with E-state index in [1.54, 1.807) is 32.1 Å². The lowest BCUT2D eigenvalue weighted by molar-refractivity contribution is -0.159. The van der Waals surface area contributed by atoms with Crippen LogP contribution < -0.4 is 9.46 Å². The largest absolute Gasteiger partial charge is 0.460 e. The third-order valence-electron chi connectivity index (χ3n) is 12.2. The molecule has 16 heteroatoms. The number of aromatic nitrogens is 3. The Hall–Kier alpha value is -4.93. The summed E-state index contributed by atoms with van der Waals surface area (Å²) in [6.45, 7) is 11.5. The molecule has 1 saturated heterocycles. The summed E-state index contributed by atoms with van der Waals surface area (Å²) in [4.78, 5) is 69.5. The van der Waals surface area contributed by atoms with Crippen molar-refractivity contribution in [3.05, 3.63) is 65.6 Å². The average molecular weight is 901 g/mol. The minimum Gasteiger partial charge on any atom is -0.460 e. The Morgan fingerprint density at radius 1 is 1.03 bits per heavy atom. The van der Waals surface area contributed by atoms with Crippen molar-refractivity contribution in [2.45, 2.75) is 123 Å². The highest BCUT2D eigenvalue weighted by molar-refractivity contribution is 7.87. The topological polar surface area (TPSA) is 170 Å². The smallest absolute Gasteiger partial charge is 0.307 e. The Morgan fingerprint density at radius 2 is 1.78 bits per heavy atom. The monoisotopic (exact) mass is 900 g/mol. The van der Waals surface area contributed by atoms with Gasteiger partial charge in [0.15, 0.2) is 5.78 Å². The number of para-hydroxylation sites is 1. The first kappa shape index (κ1) is 46.1. The number of ketones is 1. The molecule has 2 aromatic carbocycles. The number of imidazole rings is 1. The number of rotatable bonds is 10. The molecule has 1 saturated carbocycles. The van der Waals surface area contributed by atoms with Gasteiger partial charge in [-0.2, -0.15) is 17.7 Å². The highest BCUT2D eigenvalue weighted by atomic mass is 32.2. The number of thiazole rings is 1. The number of Topliss-reactive ketones (excluding diaryl/α,β-unsaturated/α-hetero) is 1. The molecule has 4 aromatic rings. The van der Waals surface area contributed by atoms with Crippen molar-refractivity contribution in [3.63, 3.8) is 0 Å². The second-order valence-corrected chi connectivity index (χ2v) is 21.8. The molecule has 7 rings (SSSR count). The Morgan fingerprint density at radius 3 is 2.48 bits per heavy atom. The van der Waals surface area contributed by atoms with Gasteiger partial charge < -0.3 is 14.4 Å². The number of amides is 2. The van der Waals surface area contributed by atoms with Crippen LogP contribution in [0.2, 0.25) is 0 Å². The lowest BCUT2D eigenvalue weighted by Crippen LogP contribution is -2.47. The molecule has 4 heterocycles. The van der Waals surface area contributed by atoms with E-state index in [-0.39, 0.29) is 55.9 Å². The van der Waals surface area contributed by atoms with Crippen LogP contribution in [0.25, 0.3) is 32.9 Å². The van der Waals surface area contributed by atoms with Crippen molar-refractivity contribution >= 4 is 56.1 Å². The van der Waals surface area contributed by atoms with E-state index in [2.05, 4.69) is 11.6 Å². The van der Waals surface area contributed by atoms with Gasteiger partial charge >= 0.3 is 16.2 Å². The first-order valence-electron chi connectivity index (χ1n) is 21.9. The predicted molar refractivity (Wildman–Crippen MR) is 243 cm³/mol. The molecule has 5 atom stereocenters. The van der Waals surface area contributed by atoms with Gasteiger partial charge in [0.1, 0.15) is 22.2 Å². The van der Waals surface area contributed by atoms with Gasteiger partial charge in [-0.1, -0.05) is 61.4 Å². The summed E-state index contributed by atoms with van der Waals surface area (Å²) in [6, 6.07) is 15.3. The molecule has 2 fully saturated rings. The van der Waals surface area contributed by atoms with Crippen molar-refractivity contribution in [2.24, 2.45) is 17.3 Å². The predicted octanol–water partition coefficient (Wildman–Crippen LogP) is 7.82. The molecule has 0 spiro atoms. The van der Waals surface area contributed by atoms with Crippen molar-refractivity contribution in [2.75, 3.05) is 20.6 Å². The lowest BCUT2D eigenvalue weighted by atomic mass is 9.90. The van der Waals surface area contributed by atoms with Gasteiger partial charge in [0.25, 0.3) is 6.01 Å². The minimum atomic E-state index is -4.14. The number of hydrogen-bond donors (Lipinski definition) is 1. The molecular weight excluding hydrogens is 841 g/mol. The third-order valence-corrected chi connectivity index (χ3v) is 14.6. The van der Waals surface area contributed by atoms with Crippen molar-refractivity contribution in [1.82, 2.24) is 28.5 Å². The van der Waals surface area contributed by atoms with E-state index in [0.29, 0.717) is 24.4 Å². The molecule has 1 aliphatic carbocycles. The van der Waals surface area contributed by atoms with Crippen LogP contribution in [0.1, 0.15) is 103 Å². The van der Waals surface area contributed by atoms with Gasteiger partial charge in [-0.25, -0.2) is 9.71 Å². The van der Waals surface area contributed by atoms with E-state index < -0.39 is 51.2 Å². The maximum absolute atomic E-state index is 14.8. The van der Waals surface area contributed by atoms with Crippen molar-refractivity contribution in [1.29, 1.82) is 0 Å². The van der Waals surface area contributed by atoms with Crippen LogP contribution in [0, 0.1) is 24.2 Å². The van der Waals surface area contributed by atoms with Crippen LogP contribution in [0.4, 0.5) is 0 Å². The fourth-order valence-electron chi connectivity index (χ4n) is 8.90. The van der Waals surface area contributed by atoms with Gasteiger partial charge in [0.2, 0.25) is 11.8 Å². The van der Waals surface area contributed by atoms with Crippen LogP contribution in [0.3, 0.4) is 0 Å². The van der Waals surface area contributed by atoms with Gasteiger partial charge in [-0.15, -0.1) is 11.3 Å². The van der Waals surface area contributed by atoms with E-state index in [0.717, 1.165) is 55.8 Å². The number of aryl methyl sites for hydroxylation is 1. The van der Waals surface area contributed by atoms with E-state index in [4.69, 9.17) is 19.4 Å².